The molecule has 18 heavy (non-hydrogen) atoms. The summed E-state index contributed by atoms with van der Waals surface area (Å²) in [6.07, 6.45) is 1.75. The van der Waals surface area contributed by atoms with Crippen LogP contribution in [0.4, 0.5) is 4.39 Å². The number of halogens is 1. The molecule has 3 nitrogen and oxygen atoms in total. The number of ether oxygens (including phenoxy) is 1. The second kappa shape index (κ2) is 6.12. The molecule has 0 saturated heterocycles. The van der Waals surface area contributed by atoms with Crippen molar-refractivity contribution in [3.05, 3.63) is 54.0 Å². The minimum atomic E-state index is -0.323. The van der Waals surface area contributed by atoms with E-state index in [2.05, 4.69) is 17.2 Å². The van der Waals surface area contributed by atoms with Gasteiger partial charge in [0.05, 0.1) is 0 Å². The van der Waals surface area contributed by atoms with Gasteiger partial charge in [-0.05, 0) is 24.2 Å². The van der Waals surface area contributed by atoms with Gasteiger partial charge in [0.15, 0.2) is 0 Å². The molecule has 0 amide bonds. The number of rotatable bonds is 5. The summed E-state index contributed by atoms with van der Waals surface area (Å²) < 4.78 is 18.4. The number of benzene rings is 1. The third-order valence-electron chi connectivity index (χ3n) is 2.40. The molecule has 1 heterocycles. The number of nitrogens with zero attached hydrogens (tertiary/aromatic N) is 1. The van der Waals surface area contributed by atoms with Crippen LogP contribution in [0.3, 0.4) is 0 Å². The van der Waals surface area contributed by atoms with Crippen molar-refractivity contribution in [2.45, 2.75) is 13.5 Å². The maximum Gasteiger partial charge on any atom is 0.219 e. The lowest BCUT2D eigenvalue weighted by Gasteiger charge is -2.06. The fraction of sp³-hybridized carbons (Fsp3) is 0.214. The number of hydrogen-bond donors (Lipinski definition) is 1. The van der Waals surface area contributed by atoms with Crippen LogP contribution in [0, 0.1) is 5.82 Å². The molecular formula is C14H15FN2O. The zero-order chi connectivity index (χ0) is 12.8. The van der Waals surface area contributed by atoms with Crippen LogP contribution in [-0.4, -0.2) is 11.5 Å². The zero-order valence-electron chi connectivity index (χ0n) is 10.2. The second-order valence-electron chi connectivity index (χ2n) is 3.84. The van der Waals surface area contributed by atoms with Crippen molar-refractivity contribution < 1.29 is 9.13 Å². The topological polar surface area (TPSA) is 34.1 Å². The van der Waals surface area contributed by atoms with Gasteiger partial charge in [0.2, 0.25) is 5.88 Å². The first-order valence-corrected chi connectivity index (χ1v) is 5.87. The van der Waals surface area contributed by atoms with Gasteiger partial charge in [0, 0.05) is 24.9 Å². The highest BCUT2D eigenvalue weighted by Gasteiger charge is 2.00. The summed E-state index contributed by atoms with van der Waals surface area (Å²) in [6.45, 7) is 3.75. The molecule has 0 atom stereocenters. The van der Waals surface area contributed by atoms with Crippen LogP contribution < -0.4 is 10.1 Å². The zero-order valence-corrected chi connectivity index (χ0v) is 10.2. The van der Waals surface area contributed by atoms with Crippen LogP contribution in [0.5, 0.6) is 11.6 Å². The highest BCUT2D eigenvalue weighted by atomic mass is 19.1. The highest BCUT2D eigenvalue weighted by molar-refractivity contribution is 5.28. The van der Waals surface area contributed by atoms with Crippen LogP contribution in [0.25, 0.3) is 0 Å². The van der Waals surface area contributed by atoms with Gasteiger partial charge in [-0.2, -0.15) is 0 Å². The summed E-state index contributed by atoms with van der Waals surface area (Å²) in [6, 6.07) is 9.71. The first-order valence-electron chi connectivity index (χ1n) is 5.87. The Balaban J connectivity index is 2.02. The number of nitrogens with one attached hydrogen (secondary N) is 1. The Morgan fingerprint density at radius 3 is 2.83 bits per heavy atom. The summed E-state index contributed by atoms with van der Waals surface area (Å²) >= 11 is 0. The van der Waals surface area contributed by atoms with E-state index in [0.29, 0.717) is 11.6 Å². The van der Waals surface area contributed by atoms with Gasteiger partial charge in [0.25, 0.3) is 0 Å². The van der Waals surface area contributed by atoms with E-state index in [0.717, 1.165) is 18.7 Å². The average Bonchev–Trinajstić information content (AvgIpc) is 2.38. The summed E-state index contributed by atoms with van der Waals surface area (Å²) in [7, 11) is 0. The Kier molecular flexibility index (Phi) is 4.25. The van der Waals surface area contributed by atoms with Crippen LogP contribution in [0.15, 0.2) is 42.6 Å². The first-order chi connectivity index (χ1) is 8.78. The third-order valence-corrected chi connectivity index (χ3v) is 2.40. The minimum Gasteiger partial charge on any atom is -0.439 e. The van der Waals surface area contributed by atoms with E-state index in [1.54, 1.807) is 24.4 Å². The molecular weight excluding hydrogens is 231 g/mol. The van der Waals surface area contributed by atoms with Crippen molar-refractivity contribution in [1.82, 2.24) is 10.3 Å². The van der Waals surface area contributed by atoms with Gasteiger partial charge >= 0.3 is 0 Å². The lowest BCUT2D eigenvalue weighted by molar-refractivity contribution is 0.457. The van der Waals surface area contributed by atoms with E-state index in [4.69, 9.17) is 4.74 Å². The molecule has 0 radical (unpaired) electrons. The molecule has 0 unspecified atom stereocenters. The van der Waals surface area contributed by atoms with E-state index in [1.807, 2.05) is 6.07 Å². The summed E-state index contributed by atoms with van der Waals surface area (Å²) in [4.78, 5) is 4.17. The van der Waals surface area contributed by atoms with Gasteiger partial charge < -0.3 is 10.1 Å². The van der Waals surface area contributed by atoms with Crippen LogP contribution in [0.2, 0.25) is 0 Å². The second-order valence-corrected chi connectivity index (χ2v) is 3.84. The predicted molar refractivity (Wildman–Crippen MR) is 68.1 cm³/mol. The van der Waals surface area contributed by atoms with Gasteiger partial charge in [-0.3, -0.25) is 0 Å². The SMILES string of the molecule is CCNCc1ccc(Oc2cccc(F)c2)nc1. The van der Waals surface area contributed by atoms with Crippen LogP contribution in [0.1, 0.15) is 12.5 Å². The third kappa shape index (κ3) is 3.53. The molecule has 0 saturated carbocycles. The Labute approximate surface area is 106 Å². The largest absolute Gasteiger partial charge is 0.439 e. The molecule has 0 spiro atoms. The molecule has 4 heteroatoms. The Bertz CT molecular complexity index is 499. The van der Waals surface area contributed by atoms with Crippen molar-refractivity contribution in [2.24, 2.45) is 0 Å². The minimum absolute atomic E-state index is 0.323. The van der Waals surface area contributed by atoms with Crippen molar-refractivity contribution in [3.8, 4) is 11.6 Å². The molecule has 1 aromatic carbocycles. The number of aromatic nitrogens is 1. The van der Waals surface area contributed by atoms with Crippen molar-refractivity contribution >= 4 is 0 Å². The molecule has 1 aromatic heterocycles. The van der Waals surface area contributed by atoms with Gasteiger partial charge in [-0.15, -0.1) is 0 Å². The molecule has 2 aromatic rings. The van der Waals surface area contributed by atoms with E-state index in [1.165, 1.54) is 12.1 Å². The van der Waals surface area contributed by atoms with Gasteiger partial charge in [-0.1, -0.05) is 19.1 Å². The maximum absolute atomic E-state index is 13.0. The van der Waals surface area contributed by atoms with Crippen molar-refractivity contribution in [3.63, 3.8) is 0 Å². The van der Waals surface area contributed by atoms with Crippen LogP contribution >= 0.6 is 0 Å². The van der Waals surface area contributed by atoms with E-state index in [-0.39, 0.29) is 5.82 Å². The average molecular weight is 246 g/mol. The normalized spacial score (nSPS) is 10.3. The molecule has 0 bridgehead atoms. The Morgan fingerprint density at radius 2 is 2.17 bits per heavy atom. The fourth-order valence-corrected chi connectivity index (χ4v) is 1.50. The monoisotopic (exact) mass is 246 g/mol. The van der Waals surface area contributed by atoms with Crippen LogP contribution in [-0.2, 0) is 6.54 Å². The smallest absolute Gasteiger partial charge is 0.219 e. The first kappa shape index (κ1) is 12.5. The highest BCUT2D eigenvalue weighted by Crippen LogP contribution is 2.19. The molecule has 0 aliphatic carbocycles. The van der Waals surface area contributed by atoms with E-state index in [9.17, 15) is 4.39 Å². The number of hydrogen-bond acceptors (Lipinski definition) is 3. The molecule has 0 aliphatic rings. The standard InChI is InChI=1S/C14H15FN2O/c1-2-16-9-11-6-7-14(17-10-11)18-13-5-3-4-12(15)8-13/h3-8,10,16H,2,9H2,1H3. The predicted octanol–water partition coefficient (Wildman–Crippen LogP) is 3.12. The van der Waals surface area contributed by atoms with E-state index < -0.39 is 0 Å². The quantitative estimate of drug-likeness (QED) is 0.880. The fourth-order valence-electron chi connectivity index (χ4n) is 1.50. The maximum atomic E-state index is 13.0. The van der Waals surface area contributed by atoms with E-state index >= 15 is 0 Å². The number of pyridine rings is 1. The molecule has 0 fully saturated rings. The summed E-state index contributed by atoms with van der Waals surface area (Å²) in [5, 5.41) is 3.21. The molecule has 2 rings (SSSR count). The molecule has 94 valence electrons. The lowest BCUT2D eigenvalue weighted by atomic mass is 10.3. The van der Waals surface area contributed by atoms with Gasteiger partial charge in [-0.25, -0.2) is 9.37 Å². The molecule has 0 aliphatic heterocycles. The summed E-state index contributed by atoms with van der Waals surface area (Å²) in [5.74, 6) is 0.582. The Morgan fingerprint density at radius 1 is 1.28 bits per heavy atom. The lowest BCUT2D eigenvalue weighted by Crippen LogP contribution is -2.11. The molecule has 1 N–H and O–H groups in total. The van der Waals surface area contributed by atoms with Crippen molar-refractivity contribution in [2.75, 3.05) is 6.54 Å². The van der Waals surface area contributed by atoms with Crippen molar-refractivity contribution in [1.29, 1.82) is 0 Å². The summed E-state index contributed by atoms with van der Waals surface area (Å²) in [5.41, 5.74) is 1.09. The Hall–Kier alpha value is -1.94. The van der Waals surface area contributed by atoms with Gasteiger partial charge in [0.1, 0.15) is 11.6 Å².